The topological polar surface area (TPSA) is 87.7 Å². The fourth-order valence-electron chi connectivity index (χ4n) is 4.56. The summed E-state index contributed by atoms with van der Waals surface area (Å²) in [6.07, 6.45) is 2.82. The molecule has 4 rings (SSSR count). The van der Waals surface area contributed by atoms with Crippen LogP contribution in [0, 0.1) is 0 Å². The number of carbonyl (C=O) groups excluding carboxylic acids is 2. The van der Waals surface area contributed by atoms with Gasteiger partial charge in [0.1, 0.15) is 17.4 Å². The number of carbonyl (C=O) groups is 2. The number of hydrogen-bond donors (Lipinski definition) is 1. The number of anilines is 1. The van der Waals surface area contributed by atoms with E-state index in [4.69, 9.17) is 14.7 Å². The van der Waals surface area contributed by atoms with Crippen molar-refractivity contribution in [1.82, 2.24) is 19.8 Å². The van der Waals surface area contributed by atoms with Crippen LogP contribution in [-0.2, 0) is 29.0 Å². The number of hydrogen-bond acceptors (Lipinski definition) is 6. The number of ether oxygens (including phenoxy) is 1. The Hall–Kier alpha value is -3.16. The Labute approximate surface area is 189 Å². The van der Waals surface area contributed by atoms with Crippen LogP contribution in [0.25, 0.3) is 0 Å². The third-order valence-corrected chi connectivity index (χ3v) is 6.46. The number of rotatable bonds is 5. The Morgan fingerprint density at radius 1 is 1.16 bits per heavy atom. The maximum absolute atomic E-state index is 13.0. The Morgan fingerprint density at radius 2 is 1.94 bits per heavy atom. The molecule has 1 saturated heterocycles. The zero-order valence-electron chi connectivity index (χ0n) is 19.1. The molecule has 170 valence electrons. The fraction of sp³-hybridized carbons (Fsp3) is 0.500. The van der Waals surface area contributed by atoms with Gasteiger partial charge in [0.25, 0.3) is 0 Å². The van der Waals surface area contributed by atoms with Crippen LogP contribution in [0.1, 0.15) is 48.3 Å². The lowest BCUT2D eigenvalue weighted by Gasteiger charge is -2.33. The predicted molar refractivity (Wildman–Crippen MR) is 122 cm³/mol. The van der Waals surface area contributed by atoms with Crippen molar-refractivity contribution in [2.24, 2.45) is 0 Å². The minimum absolute atomic E-state index is 0.0895. The van der Waals surface area contributed by atoms with Gasteiger partial charge in [0.15, 0.2) is 0 Å². The first-order valence-electron chi connectivity index (χ1n) is 11.2. The molecule has 8 heteroatoms. The molecule has 0 spiro atoms. The third-order valence-electron chi connectivity index (χ3n) is 6.46. The highest BCUT2D eigenvalue weighted by atomic mass is 16.5. The van der Waals surface area contributed by atoms with Gasteiger partial charge in [-0.25, -0.2) is 9.97 Å². The van der Waals surface area contributed by atoms with Crippen molar-refractivity contribution in [2.45, 2.75) is 45.1 Å². The standard InChI is InChI=1S/C24H31N5O3/c1-16(30)28-10-7-18(8-11-28)23-26-21-9-12-29(15-20(21)24(25-2)27-23)22(31)14-17-5-4-6-19(13-17)32-3/h4-6,13,18H,7-12,14-15H2,1-3H3,(H,25,26,27). The summed E-state index contributed by atoms with van der Waals surface area (Å²) in [5.74, 6) is 2.89. The van der Waals surface area contributed by atoms with Crippen LogP contribution in [0.15, 0.2) is 24.3 Å². The van der Waals surface area contributed by atoms with Gasteiger partial charge in [0.2, 0.25) is 11.8 Å². The van der Waals surface area contributed by atoms with Gasteiger partial charge in [0, 0.05) is 51.5 Å². The first-order chi connectivity index (χ1) is 15.5. The summed E-state index contributed by atoms with van der Waals surface area (Å²) >= 11 is 0. The van der Waals surface area contributed by atoms with Gasteiger partial charge in [-0.2, -0.15) is 0 Å². The molecule has 0 saturated carbocycles. The van der Waals surface area contributed by atoms with E-state index in [0.717, 1.165) is 66.6 Å². The lowest BCUT2D eigenvalue weighted by molar-refractivity contribution is -0.131. The molecule has 2 aliphatic rings. The number of benzene rings is 1. The molecule has 0 aliphatic carbocycles. The van der Waals surface area contributed by atoms with Crippen molar-refractivity contribution in [3.05, 3.63) is 46.9 Å². The van der Waals surface area contributed by atoms with Crippen LogP contribution in [0.3, 0.4) is 0 Å². The molecular formula is C24H31N5O3. The molecule has 2 aliphatic heterocycles. The zero-order valence-corrected chi connectivity index (χ0v) is 19.1. The molecule has 32 heavy (non-hydrogen) atoms. The predicted octanol–water partition coefficient (Wildman–Crippen LogP) is 2.38. The Bertz CT molecular complexity index is 984. The number of piperidine rings is 1. The summed E-state index contributed by atoms with van der Waals surface area (Å²) in [4.78, 5) is 38.1. The van der Waals surface area contributed by atoms with E-state index < -0.39 is 0 Å². The smallest absolute Gasteiger partial charge is 0.227 e. The molecule has 1 aromatic heterocycles. The highest BCUT2D eigenvalue weighted by molar-refractivity contribution is 5.79. The molecule has 0 atom stereocenters. The van der Waals surface area contributed by atoms with Crippen molar-refractivity contribution in [1.29, 1.82) is 0 Å². The number of likely N-dealkylation sites (tertiary alicyclic amines) is 1. The number of amides is 2. The Morgan fingerprint density at radius 3 is 2.62 bits per heavy atom. The van der Waals surface area contributed by atoms with Gasteiger partial charge in [0.05, 0.1) is 25.8 Å². The number of nitrogens with zero attached hydrogens (tertiary/aromatic N) is 4. The molecule has 0 bridgehead atoms. The van der Waals surface area contributed by atoms with Gasteiger partial charge in [-0.3, -0.25) is 9.59 Å². The van der Waals surface area contributed by atoms with Crippen LogP contribution < -0.4 is 10.1 Å². The third kappa shape index (κ3) is 4.69. The minimum atomic E-state index is 0.0895. The van der Waals surface area contributed by atoms with E-state index in [1.54, 1.807) is 14.0 Å². The molecule has 1 N–H and O–H groups in total. The molecule has 1 aromatic carbocycles. The highest BCUT2D eigenvalue weighted by Gasteiger charge is 2.29. The Kier molecular flexibility index (Phi) is 6.58. The average Bonchev–Trinajstić information content (AvgIpc) is 2.83. The van der Waals surface area contributed by atoms with Crippen LogP contribution >= 0.6 is 0 Å². The monoisotopic (exact) mass is 437 g/mol. The molecule has 1 fully saturated rings. The number of aromatic nitrogens is 2. The summed E-state index contributed by atoms with van der Waals surface area (Å²) in [7, 11) is 3.49. The van der Waals surface area contributed by atoms with Crippen LogP contribution in [0.4, 0.5) is 5.82 Å². The average molecular weight is 438 g/mol. The summed E-state index contributed by atoms with van der Waals surface area (Å²) in [6, 6.07) is 7.64. The van der Waals surface area contributed by atoms with E-state index in [-0.39, 0.29) is 17.7 Å². The van der Waals surface area contributed by atoms with Gasteiger partial charge >= 0.3 is 0 Å². The second-order valence-corrected chi connectivity index (χ2v) is 8.48. The molecule has 3 heterocycles. The van der Waals surface area contributed by atoms with Crippen molar-refractivity contribution in [3.63, 3.8) is 0 Å². The normalized spacial score (nSPS) is 16.5. The van der Waals surface area contributed by atoms with Crippen molar-refractivity contribution < 1.29 is 14.3 Å². The molecule has 0 radical (unpaired) electrons. The second-order valence-electron chi connectivity index (χ2n) is 8.48. The largest absolute Gasteiger partial charge is 0.497 e. The quantitative estimate of drug-likeness (QED) is 0.773. The maximum Gasteiger partial charge on any atom is 0.227 e. The first-order valence-corrected chi connectivity index (χ1v) is 11.2. The summed E-state index contributed by atoms with van der Waals surface area (Å²) in [5, 5.41) is 3.22. The van der Waals surface area contributed by atoms with Crippen LogP contribution in [0.2, 0.25) is 0 Å². The van der Waals surface area contributed by atoms with Crippen LogP contribution in [-0.4, -0.2) is 65.4 Å². The number of methoxy groups -OCH3 is 1. The summed E-state index contributed by atoms with van der Waals surface area (Å²) in [6.45, 7) is 4.29. The van der Waals surface area contributed by atoms with E-state index >= 15 is 0 Å². The first kappa shape index (κ1) is 22.0. The van der Waals surface area contributed by atoms with Crippen molar-refractivity contribution in [2.75, 3.05) is 39.1 Å². The van der Waals surface area contributed by atoms with Gasteiger partial charge < -0.3 is 19.9 Å². The molecular weight excluding hydrogens is 406 g/mol. The molecule has 2 aromatic rings. The van der Waals surface area contributed by atoms with E-state index in [1.165, 1.54) is 0 Å². The summed E-state index contributed by atoms with van der Waals surface area (Å²) < 4.78 is 5.27. The highest BCUT2D eigenvalue weighted by Crippen LogP contribution is 2.30. The fourth-order valence-corrected chi connectivity index (χ4v) is 4.56. The SMILES string of the molecule is CNc1nc(C2CCN(C(C)=O)CC2)nc2c1CN(C(=O)Cc1cccc(OC)c1)CC2. The lowest BCUT2D eigenvalue weighted by atomic mass is 9.95. The van der Waals surface area contributed by atoms with Gasteiger partial charge in [-0.05, 0) is 30.5 Å². The van der Waals surface area contributed by atoms with Crippen molar-refractivity contribution >= 4 is 17.6 Å². The number of nitrogens with one attached hydrogen (secondary N) is 1. The second kappa shape index (κ2) is 9.54. The zero-order chi connectivity index (χ0) is 22.7. The van der Waals surface area contributed by atoms with E-state index in [2.05, 4.69) is 5.32 Å². The van der Waals surface area contributed by atoms with Gasteiger partial charge in [-0.1, -0.05) is 12.1 Å². The van der Waals surface area contributed by atoms with Crippen LogP contribution in [0.5, 0.6) is 5.75 Å². The number of fused-ring (bicyclic) bond motifs is 1. The lowest BCUT2D eigenvalue weighted by Crippen LogP contribution is -2.39. The maximum atomic E-state index is 13.0. The van der Waals surface area contributed by atoms with Gasteiger partial charge in [-0.15, -0.1) is 0 Å². The van der Waals surface area contributed by atoms with Crippen molar-refractivity contribution in [3.8, 4) is 5.75 Å². The van der Waals surface area contributed by atoms with E-state index in [9.17, 15) is 9.59 Å². The molecule has 2 amide bonds. The Balaban J connectivity index is 1.47. The van der Waals surface area contributed by atoms with E-state index in [1.807, 2.05) is 41.1 Å². The minimum Gasteiger partial charge on any atom is -0.497 e. The summed E-state index contributed by atoms with van der Waals surface area (Å²) in [5.41, 5.74) is 2.97. The molecule has 8 nitrogen and oxygen atoms in total. The molecule has 0 unspecified atom stereocenters. The van der Waals surface area contributed by atoms with E-state index in [0.29, 0.717) is 19.5 Å².